The highest BCUT2D eigenvalue weighted by atomic mass is 16.5. The molecule has 0 radical (unpaired) electrons. The van der Waals surface area contributed by atoms with Crippen LogP contribution in [0.15, 0.2) is 30.6 Å². The highest BCUT2D eigenvalue weighted by molar-refractivity contribution is 5.43. The average Bonchev–Trinajstić information content (AvgIpc) is 2.84. The number of ether oxygens (including phenoxy) is 2. The van der Waals surface area contributed by atoms with Crippen molar-refractivity contribution in [2.45, 2.75) is 19.4 Å². The van der Waals surface area contributed by atoms with Crippen molar-refractivity contribution in [2.75, 3.05) is 13.7 Å². The third-order valence-electron chi connectivity index (χ3n) is 3.08. The fraction of sp³-hybridized carbons (Fsp3) is 0.400. The summed E-state index contributed by atoms with van der Waals surface area (Å²) in [7, 11) is 3.48. The molecule has 0 spiro atoms. The quantitative estimate of drug-likeness (QED) is 0.878. The lowest BCUT2D eigenvalue weighted by atomic mass is 10.1. The molecule has 1 N–H and O–H groups in total. The zero-order valence-corrected chi connectivity index (χ0v) is 12.0. The van der Waals surface area contributed by atoms with Gasteiger partial charge in [0.05, 0.1) is 26.0 Å². The van der Waals surface area contributed by atoms with E-state index in [-0.39, 0.29) is 0 Å². The normalized spacial score (nSPS) is 12.2. The van der Waals surface area contributed by atoms with Gasteiger partial charge < -0.3 is 14.6 Å². The molecule has 1 aromatic carbocycles. The monoisotopic (exact) mass is 276 g/mol. The number of hydrogen-bond donors (Lipinski definition) is 1. The third-order valence-corrected chi connectivity index (χ3v) is 3.08. The van der Waals surface area contributed by atoms with Crippen molar-refractivity contribution in [2.24, 2.45) is 7.05 Å². The predicted molar refractivity (Wildman–Crippen MR) is 76.0 cm³/mol. The second-order valence-corrected chi connectivity index (χ2v) is 4.71. The van der Waals surface area contributed by atoms with Crippen LogP contribution in [-0.2, 0) is 13.5 Å². The van der Waals surface area contributed by atoms with Crippen molar-refractivity contribution in [3.63, 3.8) is 0 Å². The van der Waals surface area contributed by atoms with Crippen LogP contribution >= 0.6 is 0 Å². The van der Waals surface area contributed by atoms with Gasteiger partial charge in [-0.15, -0.1) is 0 Å². The van der Waals surface area contributed by atoms with Crippen LogP contribution in [0.3, 0.4) is 0 Å². The lowest BCUT2D eigenvalue weighted by Gasteiger charge is -2.13. The van der Waals surface area contributed by atoms with E-state index in [4.69, 9.17) is 9.47 Å². The summed E-state index contributed by atoms with van der Waals surface area (Å²) in [6.45, 7) is 2.27. The average molecular weight is 276 g/mol. The van der Waals surface area contributed by atoms with E-state index in [0.717, 1.165) is 17.5 Å². The Hall–Kier alpha value is -2.01. The largest absolute Gasteiger partial charge is 0.493 e. The first-order valence-electron chi connectivity index (χ1n) is 6.56. The number of nitrogens with zero attached hydrogens (tertiary/aromatic N) is 2. The van der Waals surface area contributed by atoms with Gasteiger partial charge in [0.1, 0.15) is 0 Å². The van der Waals surface area contributed by atoms with Crippen LogP contribution in [0, 0.1) is 0 Å². The summed E-state index contributed by atoms with van der Waals surface area (Å²) in [4.78, 5) is 0. The minimum absolute atomic E-state index is 0.520. The van der Waals surface area contributed by atoms with Gasteiger partial charge >= 0.3 is 0 Å². The summed E-state index contributed by atoms with van der Waals surface area (Å²) >= 11 is 0. The number of aryl methyl sites for hydroxylation is 1. The van der Waals surface area contributed by atoms with Crippen LogP contribution in [-0.4, -0.2) is 28.6 Å². The van der Waals surface area contributed by atoms with Gasteiger partial charge in [-0.25, -0.2) is 0 Å². The predicted octanol–water partition coefficient (Wildman–Crippen LogP) is 2.10. The van der Waals surface area contributed by atoms with E-state index in [1.54, 1.807) is 24.8 Å². The van der Waals surface area contributed by atoms with Crippen LogP contribution in [0.5, 0.6) is 11.5 Å². The Labute approximate surface area is 118 Å². The van der Waals surface area contributed by atoms with E-state index in [9.17, 15) is 5.11 Å². The van der Waals surface area contributed by atoms with Gasteiger partial charge in [-0.1, -0.05) is 6.07 Å². The first-order valence-corrected chi connectivity index (χ1v) is 6.56. The Morgan fingerprint density at radius 3 is 2.75 bits per heavy atom. The van der Waals surface area contributed by atoms with Crippen molar-refractivity contribution in [1.29, 1.82) is 0 Å². The van der Waals surface area contributed by atoms with Crippen molar-refractivity contribution < 1.29 is 14.6 Å². The Morgan fingerprint density at radius 1 is 1.35 bits per heavy atom. The third kappa shape index (κ3) is 3.51. The lowest BCUT2D eigenvalue weighted by molar-refractivity contribution is 0.198. The molecule has 5 heteroatoms. The molecule has 2 rings (SSSR count). The summed E-state index contributed by atoms with van der Waals surface area (Å²) in [6, 6.07) is 5.46. The van der Waals surface area contributed by atoms with E-state index in [0.29, 0.717) is 18.1 Å². The number of aliphatic hydroxyl groups excluding tert-OH is 1. The lowest BCUT2D eigenvalue weighted by Crippen LogP contribution is -2.03. The molecule has 0 aliphatic carbocycles. The molecule has 0 bridgehead atoms. The number of benzene rings is 1. The number of aromatic nitrogens is 2. The molecule has 0 amide bonds. The molecule has 2 aromatic rings. The highest BCUT2D eigenvalue weighted by Gasteiger charge is 2.09. The summed E-state index contributed by atoms with van der Waals surface area (Å²) in [5.41, 5.74) is 1.94. The molecular weight excluding hydrogens is 256 g/mol. The molecular formula is C15H20N2O3. The van der Waals surface area contributed by atoms with Crippen molar-refractivity contribution in [3.05, 3.63) is 41.7 Å². The maximum absolute atomic E-state index is 9.56. The SMILES string of the molecule is COc1cc([C@H](C)O)ccc1OCCc1cnn(C)c1. The van der Waals surface area contributed by atoms with Crippen LogP contribution in [0.1, 0.15) is 24.2 Å². The molecule has 0 saturated heterocycles. The zero-order chi connectivity index (χ0) is 14.5. The second kappa shape index (κ2) is 6.43. The minimum Gasteiger partial charge on any atom is -0.493 e. The summed E-state index contributed by atoms with van der Waals surface area (Å²) in [5, 5.41) is 13.7. The van der Waals surface area contributed by atoms with Gasteiger partial charge in [-0.3, -0.25) is 4.68 Å². The van der Waals surface area contributed by atoms with Gasteiger partial charge in [0, 0.05) is 19.7 Å². The van der Waals surface area contributed by atoms with E-state index in [2.05, 4.69) is 5.10 Å². The molecule has 108 valence electrons. The first kappa shape index (κ1) is 14.4. The molecule has 0 aliphatic rings. The van der Waals surface area contributed by atoms with Crippen LogP contribution in [0.25, 0.3) is 0 Å². The smallest absolute Gasteiger partial charge is 0.161 e. The van der Waals surface area contributed by atoms with Gasteiger partial charge in [-0.2, -0.15) is 5.10 Å². The standard InChI is InChI=1S/C15H20N2O3/c1-11(18)13-4-5-14(15(8-13)19-3)20-7-6-12-9-16-17(2)10-12/h4-5,8-11,18H,6-7H2,1-3H3/t11-/m0/s1. The topological polar surface area (TPSA) is 56.5 Å². The number of hydrogen-bond acceptors (Lipinski definition) is 4. The fourth-order valence-electron chi connectivity index (χ4n) is 1.94. The summed E-state index contributed by atoms with van der Waals surface area (Å²) < 4.78 is 12.8. The maximum atomic E-state index is 9.56. The molecule has 5 nitrogen and oxygen atoms in total. The first-order chi connectivity index (χ1) is 9.60. The van der Waals surface area contributed by atoms with Crippen molar-refractivity contribution in [1.82, 2.24) is 9.78 Å². The molecule has 0 unspecified atom stereocenters. The van der Waals surface area contributed by atoms with Gasteiger partial charge in [-0.05, 0) is 30.2 Å². The van der Waals surface area contributed by atoms with Crippen molar-refractivity contribution in [3.8, 4) is 11.5 Å². The Kier molecular flexibility index (Phi) is 4.63. The van der Waals surface area contributed by atoms with Gasteiger partial charge in [0.15, 0.2) is 11.5 Å². The summed E-state index contributed by atoms with van der Waals surface area (Å²) in [6.07, 6.45) is 4.07. The van der Waals surface area contributed by atoms with E-state index in [1.807, 2.05) is 31.6 Å². The molecule has 1 atom stereocenters. The van der Waals surface area contributed by atoms with Crippen LogP contribution in [0.4, 0.5) is 0 Å². The molecule has 20 heavy (non-hydrogen) atoms. The number of methoxy groups -OCH3 is 1. The van der Waals surface area contributed by atoms with Gasteiger partial charge in [0.25, 0.3) is 0 Å². The van der Waals surface area contributed by atoms with Crippen LogP contribution in [0.2, 0.25) is 0 Å². The Balaban J connectivity index is 1.98. The van der Waals surface area contributed by atoms with E-state index < -0.39 is 6.10 Å². The van der Waals surface area contributed by atoms with E-state index in [1.165, 1.54) is 0 Å². The molecule has 0 saturated carbocycles. The minimum atomic E-state index is -0.520. The van der Waals surface area contributed by atoms with Crippen LogP contribution < -0.4 is 9.47 Å². The zero-order valence-electron chi connectivity index (χ0n) is 12.0. The fourth-order valence-corrected chi connectivity index (χ4v) is 1.94. The molecule has 0 aliphatic heterocycles. The van der Waals surface area contributed by atoms with Crippen molar-refractivity contribution >= 4 is 0 Å². The molecule has 0 fully saturated rings. The number of aliphatic hydroxyl groups is 1. The Bertz CT molecular complexity index is 564. The second-order valence-electron chi connectivity index (χ2n) is 4.71. The molecule has 1 aromatic heterocycles. The Morgan fingerprint density at radius 2 is 2.15 bits per heavy atom. The van der Waals surface area contributed by atoms with Gasteiger partial charge in [0.2, 0.25) is 0 Å². The molecule has 1 heterocycles. The number of rotatable bonds is 6. The van der Waals surface area contributed by atoms with E-state index >= 15 is 0 Å². The maximum Gasteiger partial charge on any atom is 0.161 e. The summed E-state index contributed by atoms with van der Waals surface area (Å²) in [5.74, 6) is 1.32. The highest BCUT2D eigenvalue weighted by Crippen LogP contribution is 2.30.